The van der Waals surface area contributed by atoms with Crippen LogP contribution < -0.4 is 0 Å². The molecule has 5 heteroatoms. The molecule has 1 N–H and O–H groups in total. The van der Waals surface area contributed by atoms with Crippen LogP contribution >= 0.6 is 0 Å². The van der Waals surface area contributed by atoms with E-state index in [2.05, 4.69) is 0 Å². The molecule has 0 aromatic heterocycles. The van der Waals surface area contributed by atoms with Gasteiger partial charge in [-0.15, -0.1) is 0 Å². The van der Waals surface area contributed by atoms with Gasteiger partial charge in [-0.3, -0.25) is 4.90 Å². The molecular formula is C11H21NO4. The molecule has 0 aromatic rings. The van der Waals surface area contributed by atoms with Crippen molar-refractivity contribution in [2.75, 3.05) is 19.8 Å². The first kappa shape index (κ1) is 13.3. The Morgan fingerprint density at radius 3 is 2.69 bits per heavy atom. The molecule has 1 aliphatic heterocycles. The fourth-order valence-corrected chi connectivity index (χ4v) is 1.54. The molecule has 1 saturated heterocycles. The smallest absolute Gasteiger partial charge is 0.410 e. The topological polar surface area (TPSA) is 59.0 Å². The molecule has 2 atom stereocenters. The fourth-order valence-electron chi connectivity index (χ4n) is 1.54. The van der Waals surface area contributed by atoms with Gasteiger partial charge in [0.05, 0.1) is 31.9 Å². The van der Waals surface area contributed by atoms with Gasteiger partial charge in [0.2, 0.25) is 0 Å². The molecule has 1 heterocycles. The van der Waals surface area contributed by atoms with E-state index >= 15 is 0 Å². The molecule has 1 rings (SSSR count). The molecule has 0 saturated carbocycles. The van der Waals surface area contributed by atoms with Gasteiger partial charge in [-0.05, 0) is 27.7 Å². The van der Waals surface area contributed by atoms with Crippen LogP contribution in [0, 0.1) is 0 Å². The lowest BCUT2D eigenvalue weighted by Crippen LogP contribution is -2.54. The number of hydrogen-bond donors (Lipinski definition) is 1. The Labute approximate surface area is 96.3 Å². The van der Waals surface area contributed by atoms with Gasteiger partial charge in [-0.1, -0.05) is 0 Å². The van der Waals surface area contributed by atoms with Crippen LogP contribution in [0.15, 0.2) is 0 Å². The van der Waals surface area contributed by atoms with Crippen molar-refractivity contribution in [2.45, 2.75) is 45.4 Å². The Morgan fingerprint density at radius 1 is 1.56 bits per heavy atom. The Balaban J connectivity index is 2.63. The second-order valence-corrected chi connectivity index (χ2v) is 5.11. The Kier molecular flexibility index (Phi) is 4.15. The number of aliphatic hydroxyl groups is 1. The average Bonchev–Trinajstić information content (AvgIpc) is 2.15. The molecule has 0 bridgehead atoms. The second kappa shape index (κ2) is 5.01. The van der Waals surface area contributed by atoms with Crippen molar-refractivity contribution in [3.05, 3.63) is 0 Å². The molecule has 1 fully saturated rings. The Bertz CT molecular complexity index is 249. The number of morpholine rings is 1. The lowest BCUT2D eigenvalue weighted by molar-refractivity contribution is -0.0741. The van der Waals surface area contributed by atoms with Crippen LogP contribution in [-0.4, -0.2) is 53.6 Å². The van der Waals surface area contributed by atoms with E-state index in [1.807, 2.05) is 27.7 Å². The maximum absolute atomic E-state index is 11.9. The lowest BCUT2D eigenvalue weighted by Gasteiger charge is -2.38. The summed E-state index contributed by atoms with van der Waals surface area (Å²) >= 11 is 0. The normalized spacial score (nSPS) is 26.7. The second-order valence-electron chi connectivity index (χ2n) is 5.11. The van der Waals surface area contributed by atoms with E-state index in [4.69, 9.17) is 14.6 Å². The largest absolute Gasteiger partial charge is 0.444 e. The number of ether oxygens (including phenoxy) is 2. The van der Waals surface area contributed by atoms with Gasteiger partial charge in [0.1, 0.15) is 5.60 Å². The first-order chi connectivity index (χ1) is 7.33. The molecule has 0 spiro atoms. The van der Waals surface area contributed by atoms with E-state index in [1.165, 1.54) is 0 Å². The summed E-state index contributed by atoms with van der Waals surface area (Å²) in [4.78, 5) is 13.4. The number of hydrogen-bond acceptors (Lipinski definition) is 4. The van der Waals surface area contributed by atoms with Gasteiger partial charge >= 0.3 is 6.09 Å². The summed E-state index contributed by atoms with van der Waals surface area (Å²) < 4.78 is 10.7. The van der Waals surface area contributed by atoms with Crippen molar-refractivity contribution in [3.63, 3.8) is 0 Å². The summed E-state index contributed by atoms with van der Waals surface area (Å²) in [7, 11) is 0. The fraction of sp³-hybridized carbons (Fsp3) is 0.909. The summed E-state index contributed by atoms with van der Waals surface area (Å²) in [5, 5.41) is 9.17. The highest BCUT2D eigenvalue weighted by Crippen LogP contribution is 2.16. The molecule has 0 radical (unpaired) electrons. The van der Waals surface area contributed by atoms with Gasteiger partial charge in [0, 0.05) is 0 Å². The Hall–Kier alpha value is -0.810. The van der Waals surface area contributed by atoms with Crippen LogP contribution in [0.3, 0.4) is 0 Å². The van der Waals surface area contributed by atoms with Crippen molar-refractivity contribution in [2.24, 2.45) is 0 Å². The van der Waals surface area contributed by atoms with Crippen LogP contribution in [0.5, 0.6) is 0 Å². The van der Waals surface area contributed by atoms with Gasteiger partial charge in [0.25, 0.3) is 0 Å². The monoisotopic (exact) mass is 231 g/mol. The zero-order valence-corrected chi connectivity index (χ0v) is 10.4. The van der Waals surface area contributed by atoms with E-state index in [9.17, 15) is 4.79 Å². The van der Waals surface area contributed by atoms with Gasteiger partial charge in [-0.2, -0.15) is 0 Å². The summed E-state index contributed by atoms with van der Waals surface area (Å²) in [6, 6.07) is -0.300. The van der Waals surface area contributed by atoms with Gasteiger partial charge in [-0.25, -0.2) is 4.79 Å². The zero-order valence-electron chi connectivity index (χ0n) is 10.4. The minimum Gasteiger partial charge on any atom is -0.444 e. The van der Waals surface area contributed by atoms with E-state index in [-0.39, 0.29) is 24.8 Å². The highest BCUT2D eigenvalue weighted by Gasteiger charge is 2.32. The standard InChI is InChI=1S/C11H21NO4/c1-8-5-12(9(6-13)7-15-8)10(14)16-11(2,3)4/h8-9,13H,5-7H2,1-4H3/t8-,9-/m1/s1. The van der Waals surface area contributed by atoms with Gasteiger partial charge in [0.15, 0.2) is 0 Å². The molecule has 0 unspecified atom stereocenters. The quantitative estimate of drug-likeness (QED) is 0.731. The van der Waals surface area contributed by atoms with Crippen LogP contribution in [0.4, 0.5) is 4.79 Å². The van der Waals surface area contributed by atoms with Crippen molar-refractivity contribution in [1.29, 1.82) is 0 Å². The number of aliphatic hydroxyl groups excluding tert-OH is 1. The van der Waals surface area contributed by atoms with Crippen molar-refractivity contribution < 1.29 is 19.4 Å². The third-order valence-electron chi connectivity index (χ3n) is 2.31. The SMILES string of the molecule is C[C@@H]1CN(C(=O)OC(C)(C)C)[C@H](CO)CO1. The first-order valence-corrected chi connectivity index (χ1v) is 5.55. The van der Waals surface area contributed by atoms with Crippen LogP contribution in [0.2, 0.25) is 0 Å². The molecule has 16 heavy (non-hydrogen) atoms. The van der Waals surface area contributed by atoms with E-state index in [0.717, 1.165) is 0 Å². The molecule has 1 aliphatic rings. The van der Waals surface area contributed by atoms with Crippen molar-refractivity contribution >= 4 is 6.09 Å². The molecule has 0 aliphatic carbocycles. The summed E-state index contributed by atoms with van der Waals surface area (Å²) in [6.07, 6.45) is -0.406. The summed E-state index contributed by atoms with van der Waals surface area (Å²) in [5.41, 5.74) is -0.515. The summed E-state index contributed by atoms with van der Waals surface area (Å²) in [6.45, 7) is 8.07. The maximum atomic E-state index is 11.9. The van der Waals surface area contributed by atoms with Gasteiger partial charge < -0.3 is 14.6 Å². The highest BCUT2D eigenvalue weighted by molar-refractivity contribution is 5.68. The van der Waals surface area contributed by atoms with Crippen LogP contribution in [0.1, 0.15) is 27.7 Å². The third-order valence-corrected chi connectivity index (χ3v) is 2.31. The van der Waals surface area contributed by atoms with Crippen LogP contribution in [-0.2, 0) is 9.47 Å². The van der Waals surface area contributed by atoms with Crippen LogP contribution in [0.25, 0.3) is 0 Å². The first-order valence-electron chi connectivity index (χ1n) is 5.55. The predicted molar refractivity (Wildman–Crippen MR) is 59.2 cm³/mol. The number of nitrogens with zero attached hydrogens (tertiary/aromatic N) is 1. The van der Waals surface area contributed by atoms with E-state index in [0.29, 0.717) is 13.2 Å². The average molecular weight is 231 g/mol. The predicted octanol–water partition coefficient (Wildman–Crippen LogP) is 1.00. The number of amides is 1. The lowest BCUT2D eigenvalue weighted by atomic mass is 10.2. The Morgan fingerprint density at radius 2 is 2.19 bits per heavy atom. The molecule has 5 nitrogen and oxygen atoms in total. The molecule has 1 amide bonds. The van der Waals surface area contributed by atoms with E-state index < -0.39 is 5.60 Å². The minimum absolute atomic E-state index is 0.0182. The minimum atomic E-state index is -0.515. The molecule has 0 aromatic carbocycles. The van der Waals surface area contributed by atoms with E-state index in [1.54, 1.807) is 4.90 Å². The summed E-state index contributed by atoms with van der Waals surface area (Å²) in [5.74, 6) is 0. The third kappa shape index (κ3) is 3.64. The molecular weight excluding hydrogens is 210 g/mol. The number of carbonyl (C=O) groups excluding carboxylic acids is 1. The zero-order chi connectivity index (χ0) is 12.3. The van der Waals surface area contributed by atoms with Crippen molar-refractivity contribution in [1.82, 2.24) is 4.90 Å². The number of rotatable bonds is 1. The maximum Gasteiger partial charge on any atom is 0.410 e. The highest BCUT2D eigenvalue weighted by atomic mass is 16.6. The number of carbonyl (C=O) groups is 1. The molecule has 94 valence electrons. The van der Waals surface area contributed by atoms with Crippen molar-refractivity contribution in [3.8, 4) is 0 Å².